The molecule has 0 aliphatic carbocycles. The summed E-state index contributed by atoms with van der Waals surface area (Å²) in [6.07, 6.45) is 5.39. The van der Waals surface area contributed by atoms with Crippen LogP contribution in [0.25, 0.3) is 0 Å². The minimum Gasteiger partial charge on any atom is -0.444 e. The molecular formula is C18H33NO4. The second-order valence-electron chi connectivity index (χ2n) is 7.64. The van der Waals surface area contributed by atoms with Crippen molar-refractivity contribution in [2.45, 2.75) is 90.6 Å². The van der Waals surface area contributed by atoms with Gasteiger partial charge in [0.2, 0.25) is 0 Å². The van der Waals surface area contributed by atoms with Crippen LogP contribution in [-0.2, 0) is 14.3 Å². The molecule has 1 aliphatic rings. The summed E-state index contributed by atoms with van der Waals surface area (Å²) in [4.78, 5) is 24.9. The number of nitrogens with zero attached hydrogens (tertiary/aromatic N) is 1. The Bertz CT molecular complexity index is 391. The van der Waals surface area contributed by atoms with E-state index >= 15 is 0 Å². The van der Waals surface area contributed by atoms with Gasteiger partial charge in [0, 0.05) is 19.0 Å². The maximum Gasteiger partial charge on any atom is 0.410 e. The zero-order chi connectivity index (χ0) is 17.6. The van der Waals surface area contributed by atoms with Crippen LogP contribution < -0.4 is 0 Å². The van der Waals surface area contributed by atoms with E-state index in [2.05, 4.69) is 6.92 Å². The summed E-state index contributed by atoms with van der Waals surface area (Å²) in [6, 6.07) is 0.102. The van der Waals surface area contributed by atoms with Gasteiger partial charge in [0.1, 0.15) is 11.9 Å². The van der Waals surface area contributed by atoms with Crippen LogP contribution in [0.1, 0.15) is 66.7 Å². The fourth-order valence-corrected chi connectivity index (χ4v) is 2.97. The van der Waals surface area contributed by atoms with E-state index in [0.29, 0.717) is 0 Å². The molecule has 0 aromatic carbocycles. The maximum atomic E-state index is 12.3. The van der Waals surface area contributed by atoms with Gasteiger partial charge in [-0.05, 0) is 46.5 Å². The molecular weight excluding hydrogens is 294 g/mol. The highest BCUT2D eigenvalue weighted by Gasteiger charge is 2.33. The Morgan fingerprint density at radius 3 is 2.57 bits per heavy atom. The van der Waals surface area contributed by atoms with Gasteiger partial charge in [-0.2, -0.15) is 0 Å². The molecule has 5 nitrogen and oxygen atoms in total. The van der Waals surface area contributed by atoms with E-state index < -0.39 is 5.60 Å². The normalized spacial score (nSPS) is 24.1. The largest absolute Gasteiger partial charge is 0.444 e. The van der Waals surface area contributed by atoms with Gasteiger partial charge in [-0.15, -0.1) is 0 Å². The van der Waals surface area contributed by atoms with Crippen LogP contribution >= 0.6 is 0 Å². The smallest absolute Gasteiger partial charge is 0.410 e. The molecule has 0 spiro atoms. The van der Waals surface area contributed by atoms with Gasteiger partial charge in [0.05, 0.1) is 12.2 Å². The van der Waals surface area contributed by atoms with Crippen molar-refractivity contribution in [3.8, 4) is 0 Å². The summed E-state index contributed by atoms with van der Waals surface area (Å²) < 4.78 is 11.5. The summed E-state index contributed by atoms with van der Waals surface area (Å²) in [5.74, 6) is -0.0618. The predicted octanol–water partition coefficient (Wildman–Crippen LogP) is 3.79. The standard InChI is InChI=1S/C18H33NO4/c1-7-8-14(19(6)17(21)23-18(3,4)5)11-15-9-10-16(22-15)13(2)12-20/h12-16H,7-11H2,1-6H3/t13-,14+,15-,16+/m0/s1. The molecule has 0 aromatic heterocycles. The van der Waals surface area contributed by atoms with E-state index in [4.69, 9.17) is 9.47 Å². The molecule has 0 aromatic rings. The van der Waals surface area contributed by atoms with Crippen molar-refractivity contribution in [3.05, 3.63) is 0 Å². The van der Waals surface area contributed by atoms with Gasteiger partial charge in [0.15, 0.2) is 0 Å². The zero-order valence-corrected chi connectivity index (χ0v) is 15.5. The number of carbonyl (C=O) groups is 2. The van der Waals surface area contributed by atoms with E-state index in [1.807, 2.05) is 27.7 Å². The van der Waals surface area contributed by atoms with E-state index in [0.717, 1.165) is 38.4 Å². The predicted molar refractivity (Wildman–Crippen MR) is 90.4 cm³/mol. The quantitative estimate of drug-likeness (QED) is 0.668. The van der Waals surface area contributed by atoms with Crippen LogP contribution in [0.2, 0.25) is 0 Å². The molecule has 0 saturated carbocycles. The second-order valence-corrected chi connectivity index (χ2v) is 7.64. The molecule has 1 amide bonds. The van der Waals surface area contributed by atoms with Crippen molar-refractivity contribution in [2.75, 3.05) is 7.05 Å². The zero-order valence-electron chi connectivity index (χ0n) is 15.5. The molecule has 134 valence electrons. The number of hydrogen-bond donors (Lipinski definition) is 0. The van der Waals surface area contributed by atoms with E-state index in [1.165, 1.54) is 0 Å². The number of amides is 1. The molecule has 0 radical (unpaired) electrons. The second kappa shape index (κ2) is 8.67. The number of hydrogen-bond acceptors (Lipinski definition) is 4. The first-order chi connectivity index (χ1) is 10.7. The molecule has 23 heavy (non-hydrogen) atoms. The Labute approximate surface area is 140 Å². The maximum absolute atomic E-state index is 12.3. The number of ether oxygens (including phenoxy) is 2. The summed E-state index contributed by atoms with van der Waals surface area (Å²) in [6.45, 7) is 9.64. The molecule has 1 aliphatic heterocycles. The van der Waals surface area contributed by atoms with Crippen LogP contribution in [0.15, 0.2) is 0 Å². The van der Waals surface area contributed by atoms with Gasteiger partial charge >= 0.3 is 6.09 Å². The third-order valence-corrected chi connectivity index (χ3v) is 4.33. The van der Waals surface area contributed by atoms with Gasteiger partial charge in [-0.3, -0.25) is 0 Å². The summed E-state index contributed by atoms with van der Waals surface area (Å²) in [7, 11) is 1.80. The lowest BCUT2D eigenvalue weighted by molar-refractivity contribution is -0.115. The summed E-state index contributed by atoms with van der Waals surface area (Å²) in [5.41, 5.74) is -0.490. The first kappa shape index (κ1) is 19.9. The molecule has 0 bridgehead atoms. The van der Waals surface area contributed by atoms with Crippen LogP contribution in [0, 0.1) is 5.92 Å². The van der Waals surface area contributed by atoms with Crippen LogP contribution in [-0.4, -0.2) is 48.2 Å². The van der Waals surface area contributed by atoms with Crippen LogP contribution in [0.5, 0.6) is 0 Å². The number of aldehydes is 1. The van der Waals surface area contributed by atoms with Crippen molar-refractivity contribution in [1.29, 1.82) is 0 Å². The summed E-state index contributed by atoms with van der Waals surface area (Å²) >= 11 is 0. The monoisotopic (exact) mass is 327 g/mol. The van der Waals surface area contributed by atoms with Gasteiger partial charge in [0.25, 0.3) is 0 Å². The molecule has 4 atom stereocenters. The molecule has 0 unspecified atom stereocenters. The van der Waals surface area contributed by atoms with E-state index in [1.54, 1.807) is 11.9 Å². The van der Waals surface area contributed by atoms with Gasteiger partial charge in [-0.1, -0.05) is 20.3 Å². The number of carbonyl (C=O) groups excluding carboxylic acids is 2. The molecule has 5 heteroatoms. The van der Waals surface area contributed by atoms with Crippen molar-refractivity contribution >= 4 is 12.4 Å². The fraction of sp³-hybridized carbons (Fsp3) is 0.889. The minimum atomic E-state index is -0.490. The van der Waals surface area contributed by atoms with Crippen molar-refractivity contribution in [2.24, 2.45) is 5.92 Å². The lowest BCUT2D eigenvalue weighted by atomic mass is 10.00. The highest BCUT2D eigenvalue weighted by molar-refractivity contribution is 5.68. The first-order valence-corrected chi connectivity index (χ1v) is 8.74. The molecule has 1 saturated heterocycles. The van der Waals surface area contributed by atoms with Crippen molar-refractivity contribution in [3.63, 3.8) is 0 Å². The van der Waals surface area contributed by atoms with Crippen LogP contribution in [0.4, 0.5) is 4.79 Å². The number of rotatable bonds is 7. The fourth-order valence-electron chi connectivity index (χ4n) is 2.97. The third-order valence-electron chi connectivity index (χ3n) is 4.33. The topological polar surface area (TPSA) is 55.8 Å². The van der Waals surface area contributed by atoms with Crippen molar-refractivity contribution < 1.29 is 19.1 Å². The minimum absolute atomic E-state index is 0.0200. The Morgan fingerprint density at radius 2 is 2.04 bits per heavy atom. The Kier molecular flexibility index (Phi) is 7.52. The Morgan fingerprint density at radius 1 is 1.39 bits per heavy atom. The highest BCUT2D eigenvalue weighted by Crippen LogP contribution is 2.29. The highest BCUT2D eigenvalue weighted by atomic mass is 16.6. The van der Waals surface area contributed by atoms with Crippen molar-refractivity contribution in [1.82, 2.24) is 4.90 Å². The first-order valence-electron chi connectivity index (χ1n) is 8.74. The average molecular weight is 327 g/mol. The molecule has 0 N–H and O–H groups in total. The van der Waals surface area contributed by atoms with Gasteiger partial charge in [-0.25, -0.2) is 4.79 Å². The molecule has 1 rings (SSSR count). The SMILES string of the molecule is CCC[C@H](C[C@@H]1CC[C@H]([C@@H](C)C=O)O1)N(C)C(=O)OC(C)(C)C. The van der Waals surface area contributed by atoms with Gasteiger partial charge < -0.3 is 19.2 Å². The van der Waals surface area contributed by atoms with Crippen LogP contribution in [0.3, 0.4) is 0 Å². The third kappa shape index (κ3) is 6.50. The van der Waals surface area contributed by atoms with E-state index in [9.17, 15) is 9.59 Å². The Hall–Kier alpha value is -1.10. The average Bonchev–Trinajstić information content (AvgIpc) is 2.92. The lowest BCUT2D eigenvalue weighted by Crippen LogP contribution is -2.42. The lowest BCUT2D eigenvalue weighted by Gasteiger charge is -2.32. The summed E-state index contributed by atoms with van der Waals surface area (Å²) in [5, 5.41) is 0. The molecule has 1 fully saturated rings. The Balaban J connectivity index is 2.61. The van der Waals surface area contributed by atoms with E-state index in [-0.39, 0.29) is 30.3 Å². The molecule has 1 heterocycles.